The Balaban J connectivity index is 1.46. The number of hydrogen-bond acceptors (Lipinski definition) is 5. The summed E-state index contributed by atoms with van der Waals surface area (Å²) in [5, 5.41) is 1.81. The molecular formula is C22H24FN3O4S2. The predicted octanol–water partition coefficient (Wildman–Crippen LogP) is 2.98. The SMILES string of the molecule is CC1CCN(C(=O)[C@H]2Sc3ccc(S(=O)(=O)NCc4ccc(F)cc4)cc3NC2=O)CC1. The van der Waals surface area contributed by atoms with Crippen LogP contribution in [-0.4, -0.2) is 43.5 Å². The predicted molar refractivity (Wildman–Crippen MR) is 120 cm³/mol. The highest BCUT2D eigenvalue weighted by Gasteiger charge is 2.37. The number of nitrogens with one attached hydrogen (secondary N) is 2. The molecule has 7 nitrogen and oxygen atoms in total. The van der Waals surface area contributed by atoms with E-state index in [9.17, 15) is 22.4 Å². The second-order valence-corrected chi connectivity index (χ2v) is 11.0. The Morgan fingerprint density at radius 2 is 1.88 bits per heavy atom. The Morgan fingerprint density at radius 3 is 2.56 bits per heavy atom. The van der Waals surface area contributed by atoms with Gasteiger partial charge in [-0.05, 0) is 54.7 Å². The van der Waals surface area contributed by atoms with Gasteiger partial charge in [-0.1, -0.05) is 19.1 Å². The molecule has 1 atom stereocenters. The zero-order valence-electron chi connectivity index (χ0n) is 17.5. The third-order valence-corrected chi connectivity index (χ3v) is 8.36. The first-order chi connectivity index (χ1) is 15.2. The molecule has 32 heavy (non-hydrogen) atoms. The number of anilines is 1. The third kappa shape index (κ3) is 4.97. The first-order valence-corrected chi connectivity index (χ1v) is 12.7. The van der Waals surface area contributed by atoms with Crippen molar-refractivity contribution in [3.05, 3.63) is 53.8 Å². The van der Waals surface area contributed by atoms with Crippen LogP contribution >= 0.6 is 11.8 Å². The van der Waals surface area contributed by atoms with E-state index >= 15 is 0 Å². The van der Waals surface area contributed by atoms with E-state index in [1.54, 1.807) is 11.0 Å². The maximum atomic E-state index is 13.0. The highest BCUT2D eigenvalue weighted by Crippen LogP contribution is 2.38. The fourth-order valence-corrected chi connectivity index (χ4v) is 5.77. The van der Waals surface area contributed by atoms with Gasteiger partial charge in [0.1, 0.15) is 5.82 Å². The first-order valence-electron chi connectivity index (χ1n) is 10.4. The number of likely N-dealkylation sites (tertiary alicyclic amines) is 1. The fraction of sp³-hybridized carbons (Fsp3) is 0.364. The Kier molecular flexibility index (Phi) is 6.55. The van der Waals surface area contributed by atoms with Crippen LogP contribution in [0.2, 0.25) is 0 Å². The van der Waals surface area contributed by atoms with Gasteiger partial charge in [0, 0.05) is 24.5 Å². The molecule has 0 aliphatic carbocycles. The highest BCUT2D eigenvalue weighted by molar-refractivity contribution is 8.01. The molecule has 0 spiro atoms. The Labute approximate surface area is 190 Å². The van der Waals surface area contributed by atoms with Crippen molar-refractivity contribution in [1.29, 1.82) is 0 Å². The number of fused-ring (bicyclic) bond motifs is 1. The van der Waals surface area contributed by atoms with Gasteiger partial charge in [0.25, 0.3) is 0 Å². The molecule has 2 aromatic carbocycles. The molecule has 1 saturated heterocycles. The number of carbonyl (C=O) groups excluding carboxylic acids is 2. The maximum Gasteiger partial charge on any atom is 0.247 e. The lowest BCUT2D eigenvalue weighted by molar-refractivity contribution is -0.135. The van der Waals surface area contributed by atoms with Crippen molar-refractivity contribution < 1.29 is 22.4 Å². The smallest absolute Gasteiger partial charge is 0.247 e. The largest absolute Gasteiger partial charge is 0.341 e. The normalized spacial score (nSPS) is 19.4. The monoisotopic (exact) mass is 477 g/mol. The maximum absolute atomic E-state index is 13.0. The van der Waals surface area contributed by atoms with Crippen molar-refractivity contribution in [2.45, 2.75) is 41.4 Å². The molecule has 2 aromatic rings. The molecule has 2 heterocycles. The van der Waals surface area contributed by atoms with Gasteiger partial charge in [0.15, 0.2) is 5.25 Å². The Morgan fingerprint density at radius 1 is 1.19 bits per heavy atom. The summed E-state index contributed by atoms with van der Waals surface area (Å²) in [5.41, 5.74) is 0.978. The van der Waals surface area contributed by atoms with Crippen LogP contribution in [0.3, 0.4) is 0 Å². The number of halogens is 1. The van der Waals surface area contributed by atoms with Gasteiger partial charge in [0.05, 0.1) is 10.6 Å². The highest BCUT2D eigenvalue weighted by atomic mass is 32.2. The van der Waals surface area contributed by atoms with Crippen molar-refractivity contribution in [1.82, 2.24) is 9.62 Å². The van der Waals surface area contributed by atoms with Crippen molar-refractivity contribution in [3.8, 4) is 0 Å². The van der Waals surface area contributed by atoms with Gasteiger partial charge in [-0.2, -0.15) is 0 Å². The number of hydrogen-bond donors (Lipinski definition) is 2. The summed E-state index contributed by atoms with van der Waals surface area (Å²) in [4.78, 5) is 27.9. The van der Waals surface area contributed by atoms with Crippen molar-refractivity contribution >= 4 is 39.3 Å². The van der Waals surface area contributed by atoms with Crippen LogP contribution in [-0.2, 0) is 26.2 Å². The van der Waals surface area contributed by atoms with E-state index in [0.717, 1.165) is 24.6 Å². The number of rotatable bonds is 5. The molecule has 2 N–H and O–H groups in total. The molecule has 0 bridgehead atoms. The van der Waals surface area contributed by atoms with Crippen LogP contribution in [0.15, 0.2) is 52.3 Å². The molecular weight excluding hydrogens is 453 g/mol. The lowest BCUT2D eigenvalue weighted by Gasteiger charge is -2.33. The zero-order valence-corrected chi connectivity index (χ0v) is 19.1. The summed E-state index contributed by atoms with van der Waals surface area (Å²) in [6.45, 7) is 3.45. The second-order valence-electron chi connectivity index (χ2n) is 8.10. The van der Waals surface area contributed by atoms with Gasteiger partial charge in [-0.3, -0.25) is 9.59 Å². The average Bonchev–Trinajstić information content (AvgIpc) is 2.78. The van der Waals surface area contributed by atoms with Gasteiger partial charge in [0.2, 0.25) is 21.8 Å². The lowest BCUT2D eigenvalue weighted by Crippen LogP contribution is -2.47. The molecule has 2 aliphatic heterocycles. The fourth-order valence-electron chi connectivity index (χ4n) is 3.68. The summed E-state index contributed by atoms with van der Waals surface area (Å²) in [6, 6.07) is 9.96. The number of piperidine rings is 1. The summed E-state index contributed by atoms with van der Waals surface area (Å²) in [5.74, 6) is -0.474. The number of amides is 2. The Hall–Kier alpha value is -2.43. The van der Waals surface area contributed by atoms with E-state index in [1.807, 2.05) is 0 Å². The topological polar surface area (TPSA) is 95.6 Å². The molecule has 170 valence electrons. The van der Waals surface area contributed by atoms with Crippen molar-refractivity contribution in [2.75, 3.05) is 18.4 Å². The van der Waals surface area contributed by atoms with Crippen LogP contribution in [0, 0.1) is 11.7 Å². The van der Waals surface area contributed by atoms with E-state index in [2.05, 4.69) is 17.0 Å². The summed E-state index contributed by atoms with van der Waals surface area (Å²) in [6.07, 6.45) is 1.85. The summed E-state index contributed by atoms with van der Waals surface area (Å²) >= 11 is 1.14. The van der Waals surface area contributed by atoms with E-state index in [0.29, 0.717) is 35.2 Å². The minimum Gasteiger partial charge on any atom is -0.341 e. The molecule has 0 radical (unpaired) electrons. The van der Waals surface area contributed by atoms with Gasteiger partial charge in [-0.15, -0.1) is 11.8 Å². The third-order valence-electron chi connectivity index (χ3n) is 5.70. The number of nitrogens with zero attached hydrogens (tertiary/aromatic N) is 1. The minimum absolute atomic E-state index is 0.00550. The Bertz CT molecular complexity index is 1130. The average molecular weight is 478 g/mol. The standard InChI is InChI=1S/C22H24FN3O4S2/c1-14-8-10-26(11-9-14)22(28)20-21(27)25-18-12-17(6-7-19(18)31-20)32(29,30)24-13-15-2-4-16(23)5-3-15/h2-7,12,14,20,24H,8-11,13H2,1H3,(H,25,27)/t20-/m0/s1. The van der Waals surface area contributed by atoms with Gasteiger partial charge < -0.3 is 10.2 Å². The molecule has 2 aliphatic rings. The van der Waals surface area contributed by atoms with E-state index < -0.39 is 27.0 Å². The van der Waals surface area contributed by atoms with Crippen LogP contribution in [0.5, 0.6) is 0 Å². The quantitative estimate of drug-likeness (QED) is 0.646. The van der Waals surface area contributed by atoms with Crippen molar-refractivity contribution in [3.63, 3.8) is 0 Å². The summed E-state index contributed by atoms with van der Waals surface area (Å²) in [7, 11) is -3.85. The van der Waals surface area contributed by atoms with E-state index in [1.165, 1.54) is 36.4 Å². The lowest BCUT2D eigenvalue weighted by atomic mass is 9.99. The number of benzene rings is 2. The van der Waals surface area contributed by atoms with Gasteiger partial charge in [-0.25, -0.2) is 17.5 Å². The molecule has 0 aromatic heterocycles. The summed E-state index contributed by atoms with van der Waals surface area (Å²) < 4.78 is 40.8. The molecule has 0 saturated carbocycles. The van der Waals surface area contributed by atoms with Crippen LogP contribution in [0.25, 0.3) is 0 Å². The molecule has 2 amide bonds. The number of sulfonamides is 1. The molecule has 0 unspecified atom stereocenters. The van der Waals surface area contributed by atoms with E-state index in [4.69, 9.17) is 0 Å². The van der Waals surface area contributed by atoms with Crippen molar-refractivity contribution in [2.24, 2.45) is 5.92 Å². The van der Waals surface area contributed by atoms with Gasteiger partial charge >= 0.3 is 0 Å². The van der Waals surface area contributed by atoms with Crippen LogP contribution in [0.4, 0.5) is 10.1 Å². The zero-order chi connectivity index (χ0) is 22.9. The first kappa shape index (κ1) is 22.8. The van der Waals surface area contributed by atoms with E-state index in [-0.39, 0.29) is 17.3 Å². The minimum atomic E-state index is -3.85. The molecule has 4 rings (SSSR count). The molecule has 10 heteroatoms. The number of thioether (sulfide) groups is 1. The number of carbonyl (C=O) groups is 2. The van der Waals surface area contributed by atoms with Crippen LogP contribution in [0.1, 0.15) is 25.3 Å². The van der Waals surface area contributed by atoms with Crippen LogP contribution < -0.4 is 10.0 Å². The molecule has 1 fully saturated rings. The second kappa shape index (κ2) is 9.21.